The minimum Gasteiger partial charge on any atom is -0.439 e. The van der Waals surface area contributed by atoms with Crippen molar-refractivity contribution in [3.8, 4) is 11.6 Å². The number of aryl methyl sites for hydroxylation is 1. The number of pyridine rings is 2. The first-order chi connectivity index (χ1) is 18.3. The number of hydrogen-bond acceptors (Lipinski definition) is 8. The molecule has 3 aromatic heterocycles. The maximum absolute atomic E-state index is 13.8. The zero-order valence-electron chi connectivity index (χ0n) is 21.4. The molecule has 1 aliphatic rings. The van der Waals surface area contributed by atoms with E-state index in [1.165, 1.54) is 0 Å². The van der Waals surface area contributed by atoms with Crippen LogP contribution >= 0.6 is 11.6 Å². The van der Waals surface area contributed by atoms with Crippen molar-refractivity contribution in [3.63, 3.8) is 0 Å². The number of ether oxygens (including phenoxy) is 2. The zero-order chi connectivity index (χ0) is 26.9. The Kier molecular flexibility index (Phi) is 7.05. The molecule has 0 amide bonds. The van der Waals surface area contributed by atoms with Crippen LogP contribution in [0, 0.1) is 6.92 Å². The van der Waals surface area contributed by atoms with Gasteiger partial charge in [0.05, 0.1) is 39.1 Å². The predicted octanol–water partition coefficient (Wildman–Crippen LogP) is 5.17. The van der Waals surface area contributed by atoms with E-state index in [0.717, 1.165) is 17.5 Å². The lowest BCUT2D eigenvalue weighted by Gasteiger charge is -2.35. The topological polar surface area (TPSA) is 109 Å². The van der Waals surface area contributed by atoms with E-state index in [0.29, 0.717) is 65.5 Å². The van der Waals surface area contributed by atoms with Gasteiger partial charge in [0.25, 0.3) is 0 Å². The number of ketones is 1. The second-order valence-electron chi connectivity index (χ2n) is 9.59. The smallest absolute Gasteiger partial charge is 0.219 e. The second kappa shape index (κ2) is 10.4. The lowest BCUT2D eigenvalue weighted by molar-refractivity contribution is -0.114. The predicted molar refractivity (Wildman–Crippen MR) is 147 cm³/mol. The van der Waals surface area contributed by atoms with Crippen LogP contribution in [0.3, 0.4) is 0 Å². The molecule has 10 heteroatoms. The number of aldehydes is 1. The summed E-state index contributed by atoms with van der Waals surface area (Å²) in [5.41, 5.74) is 2.84. The number of aromatic nitrogens is 3. The van der Waals surface area contributed by atoms with Crippen LogP contribution in [-0.2, 0) is 9.53 Å². The van der Waals surface area contributed by atoms with Crippen molar-refractivity contribution in [2.24, 2.45) is 0 Å². The number of halogens is 1. The van der Waals surface area contributed by atoms with E-state index in [-0.39, 0.29) is 10.8 Å². The van der Waals surface area contributed by atoms with Crippen LogP contribution in [0.5, 0.6) is 11.6 Å². The summed E-state index contributed by atoms with van der Waals surface area (Å²) in [6, 6.07) is 8.61. The zero-order valence-corrected chi connectivity index (χ0v) is 22.1. The van der Waals surface area contributed by atoms with Crippen molar-refractivity contribution < 1.29 is 19.1 Å². The normalized spacial score (nSPS) is 14.7. The minimum atomic E-state index is -0.810. The molecule has 4 aromatic rings. The van der Waals surface area contributed by atoms with E-state index in [9.17, 15) is 9.59 Å². The van der Waals surface area contributed by atoms with Gasteiger partial charge in [0, 0.05) is 70.2 Å². The molecule has 4 heterocycles. The first-order valence-corrected chi connectivity index (χ1v) is 12.6. The lowest BCUT2D eigenvalue weighted by atomic mass is 9.90. The standard InChI is InChI=1S/C28H28ClN5O4/c1-17-6-9-30-23(12-17)38-18-4-5-19(21(29)13-18)26(36)20-14-31-27-24(20)25(22(15-32-27)34(2)3)33-28(16-35)7-10-37-11-8-28/h4-6,9,12-16H,7-8,10-11H2,1-3H3,(H2,31,32,33). The number of nitrogens with zero attached hydrogens (tertiary/aromatic N) is 3. The molecule has 38 heavy (non-hydrogen) atoms. The van der Waals surface area contributed by atoms with Gasteiger partial charge in [0.1, 0.15) is 17.7 Å². The largest absolute Gasteiger partial charge is 0.439 e. The van der Waals surface area contributed by atoms with Crippen molar-refractivity contribution in [2.45, 2.75) is 25.3 Å². The van der Waals surface area contributed by atoms with Gasteiger partial charge in [-0.1, -0.05) is 11.6 Å². The molecule has 0 bridgehead atoms. The highest BCUT2D eigenvalue weighted by atomic mass is 35.5. The molecule has 0 atom stereocenters. The van der Waals surface area contributed by atoms with Crippen molar-refractivity contribution >= 4 is 46.1 Å². The van der Waals surface area contributed by atoms with Gasteiger partial charge in [0.2, 0.25) is 5.88 Å². The number of nitrogens with one attached hydrogen (secondary N) is 2. The molecule has 0 radical (unpaired) electrons. The molecule has 196 valence electrons. The molecule has 0 saturated carbocycles. The third-order valence-corrected chi connectivity index (χ3v) is 7.00. The fourth-order valence-corrected chi connectivity index (χ4v) is 4.82. The summed E-state index contributed by atoms with van der Waals surface area (Å²) in [4.78, 5) is 39.8. The molecule has 1 fully saturated rings. The number of fused-ring (bicyclic) bond motifs is 1. The van der Waals surface area contributed by atoms with Gasteiger partial charge in [-0.25, -0.2) is 9.97 Å². The highest BCUT2D eigenvalue weighted by molar-refractivity contribution is 6.36. The molecule has 1 aromatic carbocycles. The molecule has 1 saturated heterocycles. The number of carbonyl (C=O) groups excluding carboxylic acids is 2. The average molecular weight is 534 g/mol. The SMILES string of the molecule is Cc1ccnc(Oc2ccc(C(=O)c3c[nH]c4ncc(N(C)C)c(NC5(C=O)CCOCC5)c34)c(Cl)c2)c1. The molecule has 2 N–H and O–H groups in total. The van der Waals surface area contributed by atoms with Crippen LogP contribution in [0.4, 0.5) is 11.4 Å². The Morgan fingerprint density at radius 2 is 1.97 bits per heavy atom. The highest BCUT2D eigenvalue weighted by Gasteiger charge is 2.34. The molecule has 5 rings (SSSR count). The number of anilines is 2. The Hall–Kier alpha value is -3.95. The molecule has 1 aliphatic heterocycles. The van der Waals surface area contributed by atoms with E-state index < -0.39 is 5.54 Å². The first-order valence-electron chi connectivity index (χ1n) is 12.2. The number of hydrogen-bond donors (Lipinski definition) is 2. The van der Waals surface area contributed by atoms with E-state index in [4.69, 9.17) is 21.1 Å². The third-order valence-electron chi connectivity index (χ3n) is 6.69. The van der Waals surface area contributed by atoms with E-state index in [1.807, 2.05) is 38.1 Å². The van der Waals surface area contributed by atoms with E-state index in [2.05, 4.69) is 20.3 Å². The van der Waals surface area contributed by atoms with Crippen LogP contribution in [-0.4, -0.2) is 59.9 Å². The van der Waals surface area contributed by atoms with Gasteiger partial charge < -0.3 is 29.5 Å². The van der Waals surface area contributed by atoms with Crippen molar-refractivity contribution in [2.75, 3.05) is 37.5 Å². The fraction of sp³-hybridized carbons (Fsp3) is 0.286. The molecule has 0 spiro atoms. The Balaban J connectivity index is 1.54. The van der Waals surface area contributed by atoms with Crippen LogP contribution in [0.2, 0.25) is 5.02 Å². The molecule has 0 unspecified atom stereocenters. The summed E-state index contributed by atoms with van der Waals surface area (Å²) in [6.07, 6.45) is 6.98. The van der Waals surface area contributed by atoms with E-state index in [1.54, 1.807) is 36.8 Å². The van der Waals surface area contributed by atoms with Gasteiger partial charge in [-0.3, -0.25) is 4.79 Å². The first kappa shape index (κ1) is 25.7. The number of rotatable bonds is 8. The molecule has 9 nitrogen and oxygen atoms in total. The molecule has 0 aliphatic carbocycles. The van der Waals surface area contributed by atoms with Crippen molar-refractivity contribution in [1.82, 2.24) is 15.0 Å². The van der Waals surface area contributed by atoms with Gasteiger partial charge in [-0.15, -0.1) is 0 Å². The summed E-state index contributed by atoms with van der Waals surface area (Å²) in [5, 5.41) is 4.30. The summed E-state index contributed by atoms with van der Waals surface area (Å²) in [6.45, 7) is 2.89. The van der Waals surface area contributed by atoms with Crippen LogP contribution in [0.1, 0.15) is 34.3 Å². The maximum atomic E-state index is 13.8. The number of carbonyl (C=O) groups is 2. The van der Waals surface area contributed by atoms with E-state index >= 15 is 0 Å². The Bertz CT molecular complexity index is 1510. The van der Waals surface area contributed by atoms with Gasteiger partial charge >= 0.3 is 0 Å². The number of aromatic amines is 1. The quantitative estimate of drug-likeness (QED) is 0.236. The molecular weight excluding hydrogens is 506 g/mol. The highest BCUT2D eigenvalue weighted by Crippen LogP contribution is 2.39. The van der Waals surface area contributed by atoms with Crippen molar-refractivity contribution in [3.05, 3.63) is 70.6 Å². The third kappa shape index (κ3) is 4.94. The van der Waals surface area contributed by atoms with Gasteiger partial charge in [-0.05, 0) is 30.7 Å². The Morgan fingerprint density at radius 3 is 2.66 bits per heavy atom. The number of H-pyrrole nitrogens is 1. The summed E-state index contributed by atoms with van der Waals surface area (Å²) < 4.78 is 11.3. The summed E-state index contributed by atoms with van der Waals surface area (Å²) >= 11 is 6.58. The Labute approximate surface area is 225 Å². The van der Waals surface area contributed by atoms with Crippen LogP contribution < -0.4 is 15.0 Å². The van der Waals surface area contributed by atoms with Gasteiger partial charge in [0.15, 0.2) is 5.78 Å². The summed E-state index contributed by atoms with van der Waals surface area (Å²) in [5.74, 6) is 0.622. The summed E-state index contributed by atoms with van der Waals surface area (Å²) in [7, 11) is 3.77. The second-order valence-corrected chi connectivity index (χ2v) is 10.0. The van der Waals surface area contributed by atoms with Gasteiger partial charge in [-0.2, -0.15) is 0 Å². The van der Waals surface area contributed by atoms with Crippen molar-refractivity contribution in [1.29, 1.82) is 0 Å². The molecular formula is C28H28ClN5O4. The Morgan fingerprint density at radius 1 is 1.18 bits per heavy atom. The minimum absolute atomic E-state index is 0.245. The monoisotopic (exact) mass is 533 g/mol. The van der Waals surface area contributed by atoms with Crippen LogP contribution in [0.15, 0.2) is 48.9 Å². The average Bonchev–Trinajstić information content (AvgIpc) is 3.34. The fourth-order valence-electron chi connectivity index (χ4n) is 4.56. The van der Waals surface area contributed by atoms with Crippen LogP contribution in [0.25, 0.3) is 11.0 Å². The number of benzene rings is 1. The maximum Gasteiger partial charge on any atom is 0.219 e. The lowest BCUT2D eigenvalue weighted by Crippen LogP contribution is -2.45.